The lowest BCUT2D eigenvalue weighted by Gasteiger charge is -2.38. The molecule has 6 heteroatoms. The Balaban J connectivity index is 2.25. The summed E-state index contributed by atoms with van der Waals surface area (Å²) in [5.41, 5.74) is 0.439. The van der Waals surface area contributed by atoms with Gasteiger partial charge in [0.2, 0.25) is 0 Å². The molecule has 5 nitrogen and oxygen atoms in total. The molecule has 2 rings (SSSR count). The zero-order valence-corrected chi connectivity index (χ0v) is 19.0. The van der Waals surface area contributed by atoms with Crippen LogP contribution in [0.5, 0.6) is 5.75 Å². The fraction of sp³-hybridized carbons (Fsp3) is 0.667. The van der Waals surface area contributed by atoms with Gasteiger partial charge in [0.1, 0.15) is 11.4 Å². The van der Waals surface area contributed by atoms with Gasteiger partial charge in [-0.2, -0.15) is 0 Å². The first-order valence-electron chi connectivity index (χ1n) is 9.66. The number of carbonyl (C=O) groups is 1. The van der Waals surface area contributed by atoms with E-state index in [1.807, 2.05) is 32.9 Å². The quantitative estimate of drug-likeness (QED) is 0.692. The normalized spacial score (nSPS) is 21.4. The van der Waals surface area contributed by atoms with E-state index in [0.29, 0.717) is 6.54 Å². The third kappa shape index (κ3) is 5.48. The SMILES string of the molecule is CC(C)(C)OC(=O)N1C[C@H](O[Si](C)(C)C(C)(C)C)C[C@@H]1c1ccc(O)cc1. The Morgan fingerprint density at radius 1 is 1.11 bits per heavy atom. The monoisotopic (exact) mass is 393 g/mol. The average Bonchev–Trinajstić information content (AvgIpc) is 2.88. The first kappa shape index (κ1) is 21.8. The van der Waals surface area contributed by atoms with Gasteiger partial charge in [-0.05, 0) is 63.0 Å². The highest BCUT2D eigenvalue weighted by Gasteiger charge is 2.44. The maximum atomic E-state index is 12.8. The molecule has 152 valence electrons. The predicted octanol–water partition coefficient (Wildman–Crippen LogP) is 5.46. The summed E-state index contributed by atoms with van der Waals surface area (Å²) in [7, 11) is -1.94. The van der Waals surface area contributed by atoms with Crippen LogP contribution >= 0.6 is 0 Å². The molecule has 1 saturated heterocycles. The van der Waals surface area contributed by atoms with Crippen molar-refractivity contribution < 1.29 is 19.1 Å². The third-order valence-corrected chi connectivity index (χ3v) is 9.97. The minimum atomic E-state index is -1.94. The summed E-state index contributed by atoms with van der Waals surface area (Å²) in [6.07, 6.45) is 0.399. The summed E-state index contributed by atoms with van der Waals surface area (Å²) in [5.74, 6) is 0.217. The van der Waals surface area contributed by atoms with E-state index in [4.69, 9.17) is 9.16 Å². The topological polar surface area (TPSA) is 59.0 Å². The largest absolute Gasteiger partial charge is 0.508 e. The molecule has 0 radical (unpaired) electrons. The highest BCUT2D eigenvalue weighted by Crippen LogP contribution is 2.41. The molecule has 1 fully saturated rings. The van der Waals surface area contributed by atoms with E-state index in [2.05, 4.69) is 33.9 Å². The Bertz CT molecular complexity index is 658. The summed E-state index contributed by atoms with van der Waals surface area (Å²) in [4.78, 5) is 14.6. The molecule has 0 spiro atoms. The zero-order chi connectivity index (χ0) is 20.6. The fourth-order valence-electron chi connectivity index (χ4n) is 3.01. The number of aromatic hydroxyl groups is 1. The average molecular weight is 394 g/mol. The molecule has 1 amide bonds. The fourth-order valence-corrected chi connectivity index (χ4v) is 4.37. The van der Waals surface area contributed by atoms with Gasteiger partial charge >= 0.3 is 6.09 Å². The Hall–Kier alpha value is -1.53. The number of rotatable bonds is 3. The number of benzene rings is 1. The number of nitrogens with zero attached hydrogens (tertiary/aromatic N) is 1. The predicted molar refractivity (Wildman–Crippen MR) is 110 cm³/mol. The number of hydrogen-bond donors (Lipinski definition) is 1. The molecule has 1 aromatic carbocycles. The van der Waals surface area contributed by atoms with Crippen molar-refractivity contribution in [2.75, 3.05) is 6.54 Å². The lowest BCUT2D eigenvalue weighted by molar-refractivity contribution is 0.0208. The van der Waals surface area contributed by atoms with Gasteiger partial charge in [0.25, 0.3) is 0 Å². The second-order valence-corrected chi connectivity index (χ2v) is 14.7. The molecule has 0 bridgehead atoms. The van der Waals surface area contributed by atoms with E-state index >= 15 is 0 Å². The molecule has 0 aromatic heterocycles. The van der Waals surface area contributed by atoms with E-state index < -0.39 is 13.9 Å². The van der Waals surface area contributed by atoms with Gasteiger partial charge in [-0.15, -0.1) is 0 Å². The number of hydrogen-bond acceptors (Lipinski definition) is 4. The number of amides is 1. The lowest BCUT2D eigenvalue weighted by Crippen LogP contribution is -2.45. The van der Waals surface area contributed by atoms with Crippen molar-refractivity contribution in [2.24, 2.45) is 0 Å². The third-order valence-electron chi connectivity index (χ3n) is 5.44. The van der Waals surface area contributed by atoms with Gasteiger partial charge in [0, 0.05) is 6.54 Å². The summed E-state index contributed by atoms with van der Waals surface area (Å²) >= 11 is 0. The highest BCUT2D eigenvalue weighted by molar-refractivity contribution is 6.74. The van der Waals surface area contributed by atoms with Crippen molar-refractivity contribution in [3.05, 3.63) is 29.8 Å². The van der Waals surface area contributed by atoms with Crippen LogP contribution < -0.4 is 0 Å². The van der Waals surface area contributed by atoms with Crippen LogP contribution in [-0.4, -0.2) is 42.7 Å². The summed E-state index contributed by atoms with van der Waals surface area (Å²) in [6.45, 7) is 17.3. The molecule has 1 aliphatic heterocycles. The molecule has 0 unspecified atom stereocenters. The molecule has 27 heavy (non-hydrogen) atoms. The zero-order valence-electron chi connectivity index (χ0n) is 18.0. The van der Waals surface area contributed by atoms with E-state index in [1.54, 1.807) is 17.0 Å². The molecule has 1 heterocycles. The standard InChI is InChI=1S/C21H35NO4Si/c1-20(2,3)25-19(24)22-14-17(26-27(7,8)21(4,5)6)13-18(22)15-9-11-16(23)12-10-15/h9-12,17-18,23H,13-14H2,1-8H3/t17-,18-/m1/s1. The summed E-state index contributed by atoms with van der Waals surface area (Å²) < 4.78 is 12.2. The molecule has 0 saturated carbocycles. The van der Waals surface area contributed by atoms with Crippen molar-refractivity contribution in [1.82, 2.24) is 4.90 Å². The van der Waals surface area contributed by atoms with Gasteiger partial charge in [0.05, 0.1) is 12.1 Å². The first-order chi connectivity index (χ1) is 12.2. The van der Waals surface area contributed by atoms with Gasteiger partial charge in [-0.3, -0.25) is 4.90 Å². The first-order valence-corrected chi connectivity index (χ1v) is 12.6. The number of ether oxygens (including phenoxy) is 1. The van der Waals surface area contributed by atoms with Crippen LogP contribution in [0.4, 0.5) is 4.79 Å². The van der Waals surface area contributed by atoms with Crippen LogP contribution in [0.1, 0.15) is 59.6 Å². The van der Waals surface area contributed by atoms with Crippen LogP contribution in [0, 0.1) is 0 Å². The molecule has 1 aliphatic rings. The van der Waals surface area contributed by atoms with E-state index in [9.17, 15) is 9.90 Å². The van der Waals surface area contributed by atoms with Crippen molar-refractivity contribution in [1.29, 1.82) is 0 Å². The Morgan fingerprint density at radius 2 is 1.67 bits per heavy atom. The number of phenols is 1. The number of phenolic OH excluding ortho intramolecular Hbond substituents is 1. The van der Waals surface area contributed by atoms with Crippen molar-refractivity contribution in [3.8, 4) is 5.75 Å². The Morgan fingerprint density at radius 3 is 2.15 bits per heavy atom. The second kappa shape index (κ2) is 7.47. The molecule has 1 N–H and O–H groups in total. The maximum Gasteiger partial charge on any atom is 0.410 e. The highest BCUT2D eigenvalue weighted by atomic mass is 28.4. The Labute approximate surface area is 164 Å². The molecule has 0 aliphatic carbocycles. The smallest absolute Gasteiger partial charge is 0.410 e. The van der Waals surface area contributed by atoms with Crippen molar-refractivity contribution in [3.63, 3.8) is 0 Å². The van der Waals surface area contributed by atoms with Gasteiger partial charge in [0.15, 0.2) is 8.32 Å². The number of likely N-dealkylation sites (tertiary alicyclic amines) is 1. The van der Waals surface area contributed by atoms with Crippen molar-refractivity contribution in [2.45, 2.75) is 83.8 Å². The van der Waals surface area contributed by atoms with Crippen molar-refractivity contribution >= 4 is 14.4 Å². The minimum Gasteiger partial charge on any atom is -0.508 e. The Kier molecular flexibility index (Phi) is 6.02. The van der Waals surface area contributed by atoms with Gasteiger partial charge in [-0.25, -0.2) is 4.79 Å². The van der Waals surface area contributed by atoms with Gasteiger partial charge in [-0.1, -0.05) is 32.9 Å². The molecule has 2 atom stereocenters. The second-order valence-electron chi connectivity index (χ2n) is 9.98. The van der Waals surface area contributed by atoms with Crippen LogP contribution in [0.3, 0.4) is 0 Å². The minimum absolute atomic E-state index is 0.0165. The van der Waals surface area contributed by atoms with E-state index in [-0.39, 0.29) is 29.0 Å². The maximum absolute atomic E-state index is 12.8. The van der Waals surface area contributed by atoms with Crippen LogP contribution in [0.25, 0.3) is 0 Å². The molecule has 1 aromatic rings. The summed E-state index contributed by atoms with van der Waals surface area (Å²) in [6, 6.07) is 6.93. The lowest BCUT2D eigenvalue weighted by atomic mass is 10.0. The van der Waals surface area contributed by atoms with E-state index in [0.717, 1.165) is 12.0 Å². The van der Waals surface area contributed by atoms with Crippen LogP contribution in [-0.2, 0) is 9.16 Å². The van der Waals surface area contributed by atoms with Gasteiger partial charge < -0.3 is 14.3 Å². The molecular formula is C21H35NO4Si. The van der Waals surface area contributed by atoms with Crippen LogP contribution in [0.2, 0.25) is 18.1 Å². The summed E-state index contributed by atoms with van der Waals surface area (Å²) in [5, 5.41) is 9.71. The van der Waals surface area contributed by atoms with Crippen LogP contribution in [0.15, 0.2) is 24.3 Å². The molecular weight excluding hydrogens is 358 g/mol. The van der Waals surface area contributed by atoms with E-state index in [1.165, 1.54) is 0 Å². The number of carbonyl (C=O) groups excluding carboxylic acids is 1.